The predicted octanol–water partition coefficient (Wildman–Crippen LogP) is 2.35. The number of hydrogen-bond acceptors (Lipinski definition) is 5. The Hall–Kier alpha value is -2.96. The second-order valence-electron chi connectivity index (χ2n) is 8.41. The van der Waals surface area contributed by atoms with E-state index in [1.165, 1.54) is 0 Å². The molecular weight excluding hydrogens is 368 g/mol. The van der Waals surface area contributed by atoms with E-state index in [2.05, 4.69) is 29.1 Å². The van der Waals surface area contributed by atoms with Gasteiger partial charge < -0.3 is 15.0 Å². The van der Waals surface area contributed by atoms with E-state index in [9.17, 15) is 9.59 Å². The Morgan fingerprint density at radius 3 is 2.83 bits per heavy atom. The minimum Gasteiger partial charge on any atom is -0.481 e. The van der Waals surface area contributed by atoms with Crippen molar-refractivity contribution in [2.24, 2.45) is 11.3 Å². The van der Waals surface area contributed by atoms with Gasteiger partial charge in [0.05, 0.1) is 24.9 Å². The number of pyridine rings is 2. The van der Waals surface area contributed by atoms with Crippen molar-refractivity contribution in [2.75, 3.05) is 13.7 Å². The highest BCUT2D eigenvalue weighted by molar-refractivity contribution is 5.98. The maximum Gasteiger partial charge on any atom is 0.256 e. The average Bonchev–Trinajstić information content (AvgIpc) is 3.26. The zero-order valence-corrected chi connectivity index (χ0v) is 17.1. The zero-order valence-electron chi connectivity index (χ0n) is 17.1. The van der Waals surface area contributed by atoms with Crippen LogP contribution in [0.1, 0.15) is 47.6 Å². The van der Waals surface area contributed by atoms with Gasteiger partial charge in [0, 0.05) is 42.9 Å². The molecule has 7 nitrogen and oxygen atoms in total. The molecule has 2 amide bonds. The van der Waals surface area contributed by atoms with E-state index in [0.717, 1.165) is 17.7 Å². The molecule has 3 heterocycles. The van der Waals surface area contributed by atoms with Crippen LogP contribution in [0.5, 0.6) is 5.88 Å². The van der Waals surface area contributed by atoms with E-state index in [1.807, 2.05) is 24.3 Å². The molecule has 1 N–H and O–H groups in total. The summed E-state index contributed by atoms with van der Waals surface area (Å²) in [6, 6.07) is 7.58. The molecule has 1 atom stereocenters. The van der Waals surface area contributed by atoms with E-state index in [-0.39, 0.29) is 23.1 Å². The van der Waals surface area contributed by atoms with Gasteiger partial charge in [0.25, 0.3) is 5.91 Å². The van der Waals surface area contributed by atoms with Gasteiger partial charge in [0.15, 0.2) is 0 Å². The van der Waals surface area contributed by atoms with E-state index >= 15 is 0 Å². The fourth-order valence-corrected chi connectivity index (χ4v) is 3.80. The smallest absolute Gasteiger partial charge is 0.256 e. The number of carbonyl (C=O) groups excluding carboxylic acids is 2. The van der Waals surface area contributed by atoms with Gasteiger partial charge in [-0.05, 0) is 30.0 Å². The van der Waals surface area contributed by atoms with Crippen LogP contribution in [0.3, 0.4) is 0 Å². The third kappa shape index (κ3) is 3.95. The summed E-state index contributed by atoms with van der Waals surface area (Å²) in [6.07, 6.45) is 3.35. The molecule has 0 unspecified atom stereocenters. The highest BCUT2D eigenvalue weighted by Gasteiger charge is 2.50. The Bertz CT molecular complexity index is 943. The molecule has 2 aliphatic rings. The number of amides is 2. The molecule has 4 rings (SSSR count). The lowest BCUT2D eigenvalue weighted by atomic mass is 10.1. The number of nitrogens with one attached hydrogen (secondary N) is 1. The first kappa shape index (κ1) is 19.4. The number of carbonyl (C=O) groups is 2. The minimum absolute atomic E-state index is 0.0398. The third-order valence-corrected chi connectivity index (χ3v) is 5.84. The van der Waals surface area contributed by atoms with Crippen molar-refractivity contribution in [3.8, 4) is 5.88 Å². The zero-order chi connectivity index (χ0) is 20.6. The monoisotopic (exact) mass is 394 g/mol. The number of hydrogen-bond donors (Lipinski definition) is 1. The summed E-state index contributed by atoms with van der Waals surface area (Å²) in [5, 5.41) is 2.96. The summed E-state index contributed by atoms with van der Waals surface area (Å²) in [4.78, 5) is 35.8. The second-order valence-corrected chi connectivity index (χ2v) is 8.41. The Labute approximate surface area is 170 Å². The summed E-state index contributed by atoms with van der Waals surface area (Å²) >= 11 is 0. The molecule has 1 fully saturated rings. The molecule has 1 aliphatic carbocycles. The van der Waals surface area contributed by atoms with Crippen LogP contribution in [0.2, 0.25) is 0 Å². The number of rotatable bonds is 7. The fraction of sp³-hybridized carbons (Fsp3) is 0.455. The van der Waals surface area contributed by atoms with Crippen molar-refractivity contribution in [2.45, 2.75) is 39.8 Å². The standard InChI is InChI=1S/C22H26N4O3/c1-22(2)11-17(22)19(27)24-12-14-10-16-18(25-20(14)29-3)13-26(21(16)28)9-7-15-6-4-5-8-23-15/h4-6,8,10,17H,7,9,11-13H2,1-3H3,(H,24,27)/t17-/m0/s1. The number of ether oxygens (including phenoxy) is 1. The van der Waals surface area contributed by atoms with Gasteiger partial charge >= 0.3 is 0 Å². The van der Waals surface area contributed by atoms with Crippen molar-refractivity contribution in [1.29, 1.82) is 0 Å². The van der Waals surface area contributed by atoms with Gasteiger partial charge in [0.2, 0.25) is 11.8 Å². The summed E-state index contributed by atoms with van der Waals surface area (Å²) in [5.74, 6) is 0.515. The predicted molar refractivity (Wildman–Crippen MR) is 107 cm³/mol. The Balaban J connectivity index is 1.44. The van der Waals surface area contributed by atoms with E-state index in [0.29, 0.717) is 43.2 Å². The van der Waals surface area contributed by atoms with Crippen molar-refractivity contribution in [3.05, 3.63) is 53.0 Å². The van der Waals surface area contributed by atoms with Crippen LogP contribution in [-0.2, 0) is 24.3 Å². The molecule has 7 heteroatoms. The van der Waals surface area contributed by atoms with Gasteiger partial charge in [0.1, 0.15) is 0 Å². The highest BCUT2D eigenvalue weighted by Crippen LogP contribution is 2.51. The molecule has 0 bridgehead atoms. The molecule has 1 aliphatic heterocycles. The Morgan fingerprint density at radius 2 is 2.17 bits per heavy atom. The topological polar surface area (TPSA) is 84.4 Å². The van der Waals surface area contributed by atoms with Gasteiger partial charge in [-0.25, -0.2) is 4.98 Å². The third-order valence-electron chi connectivity index (χ3n) is 5.84. The van der Waals surface area contributed by atoms with Crippen molar-refractivity contribution >= 4 is 11.8 Å². The molecule has 0 radical (unpaired) electrons. The normalized spacial score (nSPS) is 19.1. The summed E-state index contributed by atoms with van der Waals surface area (Å²) in [6.45, 7) is 5.52. The van der Waals surface area contributed by atoms with Gasteiger partial charge in [-0.3, -0.25) is 14.6 Å². The molecule has 0 saturated heterocycles. The lowest BCUT2D eigenvalue weighted by Gasteiger charge is -2.14. The van der Waals surface area contributed by atoms with Gasteiger partial charge in [-0.1, -0.05) is 19.9 Å². The molecule has 2 aromatic rings. The van der Waals surface area contributed by atoms with Crippen LogP contribution in [-0.4, -0.2) is 40.3 Å². The first-order valence-corrected chi connectivity index (χ1v) is 9.93. The van der Waals surface area contributed by atoms with Gasteiger partial charge in [-0.2, -0.15) is 0 Å². The maximum absolute atomic E-state index is 12.8. The van der Waals surface area contributed by atoms with E-state index < -0.39 is 0 Å². The number of aromatic nitrogens is 2. The summed E-state index contributed by atoms with van der Waals surface area (Å²) in [7, 11) is 1.56. The summed E-state index contributed by atoms with van der Waals surface area (Å²) in [5.41, 5.74) is 3.05. The van der Waals surface area contributed by atoms with E-state index in [1.54, 1.807) is 18.2 Å². The second kappa shape index (κ2) is 7.46. The highest BCUT2D eigenvalue weighted by atomic mass is 16.5. The van der Waals surface area contributed by atoms with Crippen LogP contribution in [0.4, 0.5) is 0 Å². The van der Waals surface area contributed by atoms with Crippen LogP contribution in [0, 0.1) is 11.3 Å². The SMILES string of the molecule is COc1nc2c(cc1CNC(=O)[C@@H]1CC1(C)C)C(=O)N(CCc1ccccn1)C2. The van der Waals surface area contributed by atoms with E-state index in [4.69, 9.17) is 4.74 Å². The molecule has 0 spiro atoms. The molecule has 0 aromatic carbocycles. The van der Waals surface area contributed by atoms with Gasteiger partial charge in [-0.15, -0.1) is 0 Å². The number of nitrogens with zero attached hydrogens (tertiary/aromatic N) is 3. The van der Waals surface area contributed by atoms with Crippen LogP contribution >= 0.6 is 0 Å². The van der Waals surface area contributed by atoms with Crippen molar-refractivity contribution in [1.82, 2.24) is 20.2 Å². The lowest BCUT2D eigenvalue weighted by molar-refractivity contribution is -0.123. The van der Waals surface area contributed by atoms with Crippen LogP contribution in [0.15, 0.2) is 30.5 Å². The minimum atomic E-state index is -0.0398. The molecule has 152 valence electrons. The Morgan fingerprint density at radius 1 is 1.38 bits per heavy atom. The average molecular weight is 394 g/mol. The first-order chi connectivity index (χ1) is 13.9. The quantitative estimate of drug-likeness (QED) is 0.779. The van der Waals surface area contributed by atoms with Crippen LogP contribution in [0.25, 0.3) is 0 Å². The number of fused-ring (bicyclic) bond motifs is 1. The first-order valence-electron chi connectivity index (χ1n) is 9.93. The summed E-state index contributed by atoms with van der Waals surface area (Å²) < 4.78 is 5.42. The molecule has 29 heavy (non-hydrogen) atoms. The molecular formula is C22H26N4O3. The molecule has 1 saturated carbocycles. The van der Waals surface area contributed by atoms with Crippen molar-refractivity contribution in [3.63, 3.8) is 0 Å². The Kier molecular flexibility index (Phi) is 4.98. The lowest BCUT2D eigenvalue weighted by Crippen LogP contribution is -2.27. The maximum atomic E-state index is 12.8. The van der Waals surface area contributed by atoms with Crippen LogP contribution < -0.4 is 10.1 Å². The fourth-order valence-electron chi connectivity index (χ4n) is 3.80. The number of methoxy groups -OCH3 is 1. The van der Waals surface area contributed by atoms with Crippen molar-refractivity contribution < 1.29 is 14.3 Å². The molecule has 2 aromatic heterocycles. The largest absolute Gasteiger partial charge is 0.481 e.